The van der Waals surface area contributed by atoms with Crippen molar-refractivity contribution in [3.63, 3.8) is 0 Å². The third-order valence-corrected chi connectivity index (χ3v) is 9.35. The fraction of sp³-hybridized carbons (Fsp3) is 0.433. The Kier molecular flexibility index (Phi) is 7.61. The van der Waals surface area contributed by atoms with Gasteiger partial charge in [0.1, 0.15) is 0 Å². The molecule has 3 heterocycles. The van der Waals surface area contributed by atoms with E-state index in [0.717, 1.165) is 55.4 Å². The Morgan fingerprint density at radius 2 is 1.95 bits per heavy atom. The van der Waals surface area contributed by atoms with Gasteiger partial charge in [-0.05, 0) is 49.1 Å². The largest absolute Gasteiger partial charge is 0.399 e. The van der Waals surface area contributed by atoms with E-state index in [1.807, 2.05) is 29.2 Å². The van der Waals surface area contributed by atoms with E-state index < -0.39 is 0 Å². The standard InChI is InChI=1S/C30H36N6O2S/c31-22-6-3-7-23(19-22)36-29(38)25-20-35(17-13-26(25)33-30(36)39-24-8-4-9-24)28(37)11-14-32-15-18-34-16-12-21-5-1-2-10-27(21)34/h1-3,5-7,10,19,24,32H,4,8-9,11-18,20,31H2. The molecular weight excluding hydrogens is 508 g/mol. The maximum Gasteiger partial charge on any atom is 0.264 e. The Morgan fingerprint density at radius 1 is 1.08 bits per heavy atom. The molecule has 39 heavy (non-hydrogen) atoms. The van der Waals surface area contributed by atoms with Crippen LogP contribution in [-0.4, -0.2) is 58.3 Å². The number of para-hydroxylation sites is 1. The van der Waals surface area contributed by atoms with E-state index in [1.165, 1.54) is 17.7 Å². The number of hydrogen-bond acceptors (Lipinski definition) is 7. The molecule has 2 aliphatic heterocycles. The number of aromatic nitrogens is 2. The van der Waals surface area contributed by atoms with Crippen molar-refractivity contribution in [1.82, 2.24) is 19.8 Å². The van der Waals surface area contributed by atoms with Gasteiger partial charge in [0.25, 0.3) is 5.56 Å². The Labute approximate surface area is 233 Å². The molecule has 0 atom stereocenters. The molecule has 9 heteroatoms. The molecule has 204 valence electrons. The van der Waals surface area contributed by atoms with Crippen molar-refractivity contribution >= 4 is 29.0 Å². The van der Waals surface area contributed by atoms with Crippen LogP contribution in [0.5, 0.6) is 0 Å². The van der Waals surface area contributed by atoms with E-state index in [1.54, 1.807) is 16.3 Å². The molecule has 1 fully saturated rings. The molecule has 1 amide bonds. The highest BCUT2D eigenvalue weighted by Crippen LogP contribution is 2.36. The van der Waals surface area contributed by atoms with E-state index in [9.17, 15) is 9.59 Å². The highest BCUT2D eigenvalue weighted by Gasteiger charge is 2.29. The summed E-state index contributed by atoms with van der Waals surface area (Å²) in [6.45, 7) is 4.34. The zero-order valence-corrected chi connectivity index (χ0v) is 23.1. The molecule has 1 aliphatic carbocycles. The van der Waals surface area contributed by atoms with Gasteiger partial charge >= 0.3 is 0 Å². The van der Waals surface area contributed by atoms with Crippen LogP contribution in [0.2, 0.25) is 0 Å². The Morgan fingerprint density at radius 3 is 2.77 bits per heavy atom. The van der Waals surface area contributed by atoms with E-state index in [4.69, 9.17) is 10.7 Å². The highest BCUT2D eigenvalue weighted by atomic mass is 32.2. The molecule has 6 rings (SSSR count). The smallest absolute Gasteiger partial charge is 0.264 e. The molecule has 8 nitrogen and oxygen atoms in total. The molecule has 0 saturated heterocycles. The second kappa shape index (κ2) is 11.4. The second-order valence-electron chi connectivity index (χ2n) is 10.7. The van der Waals surface area contributed by atoms with E-state index in [-0.39, 0.29) is 11.5 Å². The number of carbonyl (C=O) groups is 1. The first-order valence-electron chi connectivity index (χ1n) is 14.1. The first-order chi connectivity index (χ1) is 19.1. The number of anilines is 2. The minimum atomic E-state index is -0.0889. The van der Waals surface area contributed by atoms with Gasteiger partial charge in [0.2, 0.25) is 5.91 Å². The van der Waals surface area contributed by atoms with Crippen LogP contribution < -0.4 is 21.5 Å². The van der Waals surface area contributed by atoms with Crippen molar-refractivity contribution in [1.29, 1.82) is 0 Å². The number of nitrogens with two attached hydrogens (primary N) is 1. The number of carbonyl (C=O) groups excluding carboxylic acids is 1. The summed E-state index contributed by atoms with van der Waals surface area (Å²) < 4.78 is 1.70. The lowest BCUT2D eigenvalue weighted by atomic mass is 10.0. The summed E-state index contributed by atoms with van der Waals surface area (Å²) in [5.74, 6) is 0.0718. The third-order valence-electron chi connectivity index (χ3n) is 8.06. The number of nitrogen functional groups attached to an aromatic ring is 1. The van der Waals surface area contributed by atoms with Crippen LogP contribution in [0.3, 0.4) is 0 Å². The number of thioether (sulfide) groups is 1. The monoisotopic (exact) mass is 544 g/mol. The predicted molar refractivity (Wildman–Crippen MR) is 157 cm³/mol. The lowest BCUT2D eigenvalue weighted by molar-refractivity contribution is -0.132. The van der Waals surface area contributed by atoms with Crippen LogP contribution in [0.1, 0.15) is 42.5 Å². The number of benzene rings is 2. The van der Waals surface area contributed by atoms with Gasteiger partial charge in [-0.2, -0.15) is 0 Å². The number of nitrogens with zero attached hydrogens (tertiary/aromatic N) is 4. The minimum absolute atomic E-state index is 0.0718. The van der Waals surface area contributed by atoms with Crippen LogP contribution in [0.15, 0.2) is 58.5 Å². The average molecular weight is 545 g/mol. The van der Waals surface area contributed by atoms with Crippen LogP contribution in [0, 0.1) is 0 Å². The van der Waals surface area contributed by atoms with Crippen LogP contribution >= 0.6 is 11.8 Å². The van der Waals surface area contributed by atoms with Crippen molar-refractivity contribution in [3.05, 3.63) is 75.7 Å². The van der Waals surface area contributed by atoms with Crippen molar-refractivity contribution in [2.24, 2.45) is 0 Å². The summed E-state index contributed by atoms with van der Waals surface area (Å²) in [7, 11) is 0. The maximum atomic E-state index is 13.8. The molecule has 3 aromatic rings. The zero-order valence-electron chi connectivity index (χ0n) is 22.3. The fourth-order valence-electron chi connectivity index (χ4n) is 5.61. The fourth-order valence-corrected chi connectivity index (χ4v) is 6.93. The normalized spacial score (nSPS) is 16.6. The van der Waals surface area contributed by atoms with Crippen molar-refractivity contribution in [3.8, 4) is 5.69 Å². The van der Waals surface area contributed by atoms with Crippen LogP contribution in [0.25, 0.3) is 5.69 Å². The topological polar surface area (TPSA) is 96.5 Å². The third kappa shape index (κ3) is 5.56. The SMILES string of the molecule is Nc1cccc(-n2c(SC3CCC3)nc3c(c2=O)CN(C(=O)CCNCCN2CCc4ccccc42)CC3)c1. The van der Waals surface area contributed by atoms with Crippen LogP contribution in [0.4, 0.5) is 11.4 Å². The molecule has 0 unspecified atom stereocenters. The number of amides is 1. The van der Waals surface area contributed by atoms with Crippen molar-refractivity contribution in [2.45, 2.75) is 55.5 Å². The van der Waals surface area contributed by atoms with E-state index >= 15 is 0 Å². The van der Waals surface area contributed by atoms with Crippen molar-refractivity contribution in [2.75, 3.05) is 43.4 Å². The lowest BCUT2D eigenvalue weighted by Crippen LogP contribution is -2.42. The van der Waals surface area contributed by atoms with Gasteiger partial charge in [-0.25, -0.2) is 4.98 Å². The zero-order chi connectivity index (χ0) is 26.8. The van der Waals surface area contributed by atoms with E-state index in [0.29, 0.717) is 49.0 Å². The lowest BCUT2D eigenvalue weighted by Gasteiger charge is -2.30. The molecule has 2 aromatic carbocycles. The number of fused-ring (bicyclic) bond motifs is 2. The second-order valence-corrected chi connectivity index (χ2v) is 11.9. The van der Waals surface area contributed by atoms with Gasteiger partial charge in [0.05, 0.1) is 23.5 Å². The summed E-state index contributed by atoms with van der Waals surface area (Å²) >= 11 is 1.69. The van der Waals surface area contributed by atoms with Crippen molar-refractivity contribution < 1.29 is 4.79 Å². The van der Waals surface area contributed by atoms with Gasteiger partial charge in [-0.3, -0.25) is 14.2 Å². The molecule has 3 aliphatic rings. The first-order valence-corrected chi connectivity index (χ1v) is 14.9. The molecule has 1 aromatic heterocycles. The van der Waals surface area contributed by atoms with E-state index in [2.05, 4.69) is 34.5 Å². The number of hydrogen-bond donors (Lipinski definition) is 2. The Balaban J connectivity index is 1.09. The van der Waals surface area contributed by atoms with Gasteiger partial charge in [0, 0.05) is 62.2 Å². The first kappa shape index (κ1) is 26.0. The summed E-state index contributed by atoms with van der Waals surface area (Å²) in [5.41, 5.74) is 11.5. The summed E-state index contributed by atoms with van der Waals surface area (Å²) in [6, 6.07) is 16.0. The summed E-state index contributed by atoms with van der Waals surface area (Å²) in [4.78, 5) is 36.1. The predicted octanol–water partition coefficient (Wildman–Crippen LogP) is 3.39. The molecular formula is C30H36N6O2S. The molecule has 0 bridgehead atoms. The Bertz CT molecular complexity index is 1420. The summed E-state index contributed by atoms with van der Waals surface area (Å²) in [6.07, 6.45) is 5.64. The molecule has 0 spiro atoms. The molecule has 3 N–H and O–H groups in total. The Hall–Kier alpha value is -3.30. The van der Waals surface area contributed by atoms with Gasteiger partial charge in [0.15, 0.2) is 5.16 Å². The quantitative estimate of drug-likeness (QED) is 0.242. The van der Waals surface area contributed by atoms with Gasteiger partial charge in [-0.15, -0.1) is 0 Å². The summed E-state index contributed by atoms with van der Waals surface area (Å²) in [5, 5.41) is 4.67. The van der Waals surface area contributed by atoms with Gasteiger partial charge in [-0.1, -0.05) is 42.4 Å². The van der Waals surface area contributed by atoms with Crippen LogP contribution in [-0.2, 0) is 24.2 Å². The molecule has 0 radical (unpaired) electrons. The van der Waals surface area contributed by atoms with Gasteiger partial charge < -0.3 is 20.9 Å². The number of nitrogens with one attached hydrogen (secondary N) is 1. The maximum absolute atomic E-state index is 13.8. The molecule has 1 saturated carbocycles. The average Bonchev–Trinajstić information content (AvgIpc) is 3.33. The minimum Gasteiger partial charge on any atom is -0.399 e. The number of rotatable bonds is 9. The highest BCUT2D eigenvalue weighted by molar-refractivity contribution is 7.99.